The topological polar surface area (TPSA) is 12.0 Å². The van der Waals surface area contributed by atoms with E-state index in [-0.39, 0.29) is 0 Å². The number of hydrogen-bond acceptors (Lipinski definition) is 1. The SMILES string of the molecule is CCC1CCCC(NC2CCCCc3ccccc32)C1. The molecule has 1 fully saturated rings. The van der Waals surface area contributed by atoms with E-state index < -0.39 is 0 Å². The zero-order valence-corrected chi connectivity index (χ0v) is 12.9. The summed E-state index contributed by atoms with van der Waals surface area (Å²) >= 11 is 0. The molecule has 0 heterocycles. The summed E-state index contributed by atoms with van der Waals surface area (Å²) in [5.41, 5.74) is 3.17. The molecule has 1 heteroatoms. The van der Waals surface area contributed by atoms with Crippen molar-refractivity contribution < 1.29 is 0 Å². The lowest BCUT2D eigenvalue weighted by Crippen LogP contribution is -2.36. The van der Waals surface area contributed by atoms with Gasteiger partial charge in [-0.3, -0.25) is 0 Å². The standard InChI is InChI=1S/C19H29N/c1-2-15-8-7-11-17(14-15)20-19-13-6-4-10-16-9-3-5-12-18(16)19/h3,5,9,12,15,17,19-20H,2,4,6-8,10-11,13-14H2,1H3. The molecule has 0 bridgehead atoms. The summed E-state index contributed by atoms with van der Waals surface area (Å²) in [5, 5.41) is 4.02. The first-order valence-corrected chi connectivity index (χ1v) is 8.70. The Balaban J connectivity index is 1.70. The molecule has 0 aromatic heterocycles. The molecular formula is C19H29N. The molecule has 1 aromatic rings. The van der Waals surface area contributed by atoms with Gasteiger partial charge in [0.2, 0.25) is 0 Å². The fourth-order valence-electron chi connectivity index (χ4n) is 4.19. The molecule has 1 N–H and O–H groups in total. The van der Waals surface area contributed by atoms with Gasteiger partial charge in [-0.1, -0.05) is 56.9 Å². The molecule has 3 atom stereocenters. The van der Waals surface area contributed by atoms with E-state index in [4.69, 9.17) is 0 Å². The van der Waals surface area contributed by atoms with Gasteiger partial charge in [-0.2, -0.15) is 0 Å². The Morgan fingerprint density at radius 3 is 2.85 bits per heavy atom. The smallest absolute Gasteiger partial charge is 0.0325 e. The van der Waals surface area contributed by atoms with E-state index in [0.717, 1.165) is 12.0 Å². The fourth-order valence-corrected chi connectivity index (χ4v) is 4.19. The molecule has 20 heavy (non-hydrogen) atoms. The van der Waals surface area contributed by atoms with E-state index in [1.54, 1.807) is 11.1 Å². The minimum Gasteiger partial charge on any atom is -0.307 e. The first-order chi connectivity index (χ1) is 9.86. The largest absolute Gasteiger partial charge is 0.307 e. The molecule has 2 aliphatic rings. The maximum Gasteiger partial charge on any atom is 0.0325 e. The van der Waals surface area contributed by atoms with Gasteiger partial charge in [-0.05, 0) is 49.1 Å². The summed E-state index contributed by atoms with van der Waals surface area (Å²) < 4.78 is 0. The van der Waals surface area contributed by atoms with Crippen molar-refractivity contribution in [1.29, 1.82) is 0 Å². The molecule has 3 unspecified atom stereocenters. The van der Waals surface area contributed by atoms with Crippen LogP contribution in [0.1, 0.15) is 75.5 Å². The molecule has 1 aromatic carbocycles. The van der Waals surface area contributed by atoms with Gasteiger partial charge in [0.15, 0.2) is 0 Å². The third kappa shape index (κ3) is 3.25. The Morgan fingerprint density at radius 2 is 1.95 bits per heavy atom. The Morgan fingerprint density at radius 1 is 1.05 bits per heavy atom. The van der Waals surface area contributed by atoms with Crippen LogP contribution in [0.4, 0.5) is 0 Å². The van der Waals surface area contributed by atoms with Crippen molar-refractivity contribution in [2.24, 2.45) is 5.92 Å². The van der Waals surface area contributed by atoms with E-state index >= 15 is 0 Å². The molecule has 0 spiro atoms. The van der Waals surface area contributed by atoms with E-state index in [1.165, 1.54) is 57.8 Å². The zero-order valence-electron chi connectivity index (χ0n) is 12.9. The minimum atomic E-state index is 0.606. The number of benzene rings is 1. The van der Waals surface area contributed by atoms with Crippen LogP contribution in [0.15, 0.2) is 24.3 Å². The highest BCUT2D eigenvalue weighted by atomic mass is 15.0. The Hall–Kier alpha value is -0.820. The molecule has 0 radical (unpaired) electrons. The minimum absolute atomic E-state index is 0.606. The Labute approximate surface area is 124 Å². The predicted molar refractivity (Wildman–Crippen MR) is 85.9 cm³/mol. The molecule has 1 nitrogen and oxygen atoms in total. The van der Waals surface area contributed by atoms with Gasteiger partial charge in [-0.15, -0.1) is 0 Å². The van der Waals surface area contributed by atoms with Crippen molar-refractivity contribution in [3.05, 3.63) is 35.4 Å². The molecule has 0 saturated heterocycles. The van der Waals surface area contributed by atoms with E-state index in [9.17, 15) is 0 Å². The van der Waals surface area contributed by atoms with Crippen LogP contribution in [0.2, 0.25) is 0 Å². The second kappa shape index (κ2) is 6.76. The summed E-state index contributed by atoms with van der Waals surface area (Å²) in [6.45, 7) is 2.36. The maximum absolute atomic E-state index is 4.02. The average molecular weight is 271 g/mol. The van der Waals surface area contributed by atoms with Crippen LogP contribution < -0.4 is 5.32 Å². The average Bonchev–Trinajstić information content (AvgIpc) is 2.70. The summed E-state index contributed by atoms with van der Waals surface area (Å²) in [6, 6.07) is 10.5. The van der Waals surface area contributed by atoms with Crippen LogP contribution in [0, 0.1) is 5.92 Å². The quantitative estimate of drug-likeness (QED) is 0.762. The first kappa shape index (κ1) is 14.1. The van der Waals surface area contributed by atoms with Gasteiger partial charge >= 0.3 is 0 Å². The normalized spacial score (nSPS) is 30.6. The van der Waals surface area contributed by atoms with Crippen molar-refractivity contribution >= 4 is 0 Å². The zero-order chi connectivity index (χ0) is 13.8. The van der Waals surface area contributed by atoms with Crippen LogP contribution in [-0.2, 0) is 6.42 Å². The Bertz CT molecular complexity index is 426. The second-order valence-electron chi connectivity index (χ2n) is 6.80. The summed E-state index contributed by atoms with van der Waals surface area (Å²) in [7, 11) is 0. The third-order valence-electron chi connectivity index (χ3n) is 5.42. The maximum atomic E-state index is 4.02. The van der Waals surface area contributed by atoms with Crippen molar-refractivity contribution in [3.63, 3.8) is 0 Å². The lowest BCUT2D eigenvalue weighted by atomic mass is 9.83. The summed E-state index contributed by atoms with van der Waals surface area (Å²) in [4.78, 5) is 0. The van der Waals surface area contributed by atoms with Gasteiger partial charge in [0.1, 0.15) is 0 Å². The van der Waals surface area contributed by atoms with Crippen molar-refractivity contribution in [3.8, 4) is 0 Å². The van der Waals surface area contributed by atoms with Gasteiger partial charge < -0.3 is 5.32 Å². The summed E-state index contributed by atoms with van der Waals surface area (Å²) in [6.07, 6.45) is 12.3. The van der Waals surface area contributed by atoms with Crippen molar-refractivity contribution in [1.82, 2.24) is 5.32 Å². The van der Waals surface area contributed by atoms with Crippen LogP contribution in [0.5, 0.6) is 0 Å². The predicted octanol–water partition coefficient (Wildman–Crippen LogP) is 5.01. The molecular weight excluding hydrogens is 242 g/mol. The van der Waals surface area contributed by atoms with Crippen LogP contribution in [0.25, 0.3) is 0 Å². The second-order valence-corrected chi connectivity index (χ2v) is 6.80. The van der Waals surface area contributed by atoms with Crippen molar-refractivity contribution in [2.75, 3.05) is 0 Å². The monoisotopic (exact) mass is 271 g/mol. The van der Waals surface area contributed by atoms with Crippen LogP contribution >= 0.6 is 0 Å². The lowest BCUT2D eigenvalue weighted by molar-refractivity contribution is 0.258. The van der Waals surface area contributed by atoms with Crippen molar-refractivity contribution in [2.45, 2.75) is 76.8 Å². The molecule has 110 valence electrons. The lowest BCUT2D eigenvalue weighted by Gasteiger charge is -2.33. The highest BCUT2D eigenvalue weighted by Gasteiger charge is 2.25. The number of aryl methyl sites for hydroxylation is 1. The molecule has 1 saturated carbocycles. The number of hydrogen-bond donors (Lipinski definition) is 1. The Kier molecular flexibility index (Phi) is 4.77. The highest BCUT2D eigenvalue weighted by Crippen LogP contribution is 2.32. The summed E-state index contributed by atoms with van der Waals surface area (Å²) in [5.74, 6) is 0.960. The molecule has 0 amide bonds. The van der Waals surface area contributed by atoms with E-state index in [0.29, 0.717) is 6.04 Å². The van der Waals surface area contributed by atoms with Crippen LogP contribution in [-0.4, -0.2) is 6.04 Å². The fraction of sp³-hybridized carbons (Fsp3) is 0.684. The highest BCUT2D eigenvalue weighted by molar-refractivity contribution is 5.31. The molecule has 3 rings (SSSR count). The molecule has 2 aliphatic carbocycles. The van der Waals surface area contributed by atoms with Crippen LogP contribution in [0.3, 0.4) is 0 Å². The number of fused-ring (bicyclic) bond motifs is 1. The van der Waals surface area contributed by atoms with E-state index in [1.807, 2.05) is 0 Å². The first-order valence-electron chi connectivity index (χ1n) is 8.70. The van der Waals surface area contributed by atoms with Gasteiger partial charge in [0, 0.05) is 12.1 Å². The van der Waals surface area contributed by atoms with Gasteiger partial charge in [0.05, 0.1) is 0 Å². The number of nitrogens with one attached hydrogen (secondary N) is 1. The number of rotatable bonds is 3. The third-order valence-corrected chi connectivity index (χ3v) is 5.42. The molecule has 0 aliphatic heterocycles. The van der Waals surface area contributed by atoms with E-state index in [2.05, 4.69) is 36.5 Å². The van der Waals surface area contributed by atoms with Gasteiger partial charge in [-0.25, -0.2) is 0 Å². The van der Waals surface area contributed by atoms with Gasteiger partial charge in [0.25, 0.3) is 0 Å².